The standard InChI is InChI=1S/C21H30N4O3/c1-25(2)12-5-13-28-17-8-6-16(7-9-17)15-23-21(22)24-19-14-18(26-3)10-11-20(19)27-4/h6-11,14H,5,12-13,15H2,1-4H3,(H3,22,23,24). The molecule has 0 radical (unpaired) electrons. The van der Waals surface area contributed by atoms with E-state index in [1.165, 1.54) is 0 Å². The van der Waals surface area contributed by atoms with Crippen molar-refractivity contribution in [2.24, 2.45) is 10.7 Å². The minimum absolute atomic E-state index is 0.301. The summed E-state index contributed by atoms with van der Waals surface area (Å²) in [5.41, 5.74) is 7.76. The van der Waals surface area contributed by atoms with Gasteiger partial charge in [-0.3, -0.25) is 0 Å². The highest BCUT2D eigenvalue weighted by Gasteiger charge is 2.06. The molecule has 7 nitrogen and oxygen atoms in total. The number of nitrogens with one attached hydrogen (secondary N) is 1. The van der Waals surface area contributed by atoms with Gasteiger partial charge < -0.3 is 30.2 Å². The van der Waals surface area contributed by atoms with Crippen LogP contribution in [0.4, 0.5) is 5.69 Å². The largest absolute Gasteiger partial charge is 0.497 e. The van der Waals surface area contributed by atoms with Gasteiger partial charge in [0.25, 0.3) is 0 Å². The van der Waals surface area contributed by atoms with E-state index in [0.29, 0.717) is 36.3 Å². The molecule has 0 fully saturated rings. The van der Waals surface area contributed by atoms with Gasteiger partial charge in [-0.05, 0) is 50.3 Å². The maximum atomic E-state index is 6.02. The smallest absolute Gasteiger partial charge is 0.193 e. The molecule has 2 aromatic rings. The van der Waals surface area contributed by atoms with Gasteiger partial charge in [0.15, 0.2) is 5.96 Å². The highest BCUT2D eigenvalue weighted by Crippen LogP contribution is 2.28. The van der Waals surface area contributed by atoms with Crippen LogP contribution in [0.2, 0.25) is 0 Å². The Morgan fingerprint density at radius 2 is 1.75 bits per heavy atom. The number of hydrogen-bond acceptors (Lipinski definition) is 5. The molecule has 0 heterocycles. The van der Waals surface area contributed by atoms with E-state index >= 15 is 0 Å². The normalized spacial score (nSPS) is 11.4. The van der Waals surface area contributed by atoms with E-state index in [9.17, 15) is 0 Å². The average molecular weight is 386 g/mol. The third kappa shape index (κ3) is 7.00. The van der Waals surface area contributed by atoms with E-state index in [-0.39, 0.29) is 0 Å². The highest BCUT2D eigenvalue weighted by molar-refractivity contribution is 5.94. The molecule has 0 aliphatic heterocycles. The lowest BCUT2D eigenvalue weighted by molar-refractivity contribution is 0.281. The number of nitrogens with zero attached hydrogens (tertiary/aromatic N) is 2. The molecule has 7 heteroatoms. The SMILES string of the molecule is COc1ccc(OC)c(NC(N)=NCc2ccc(OCCCN(C)C)cc2)c1. The predicted octanol–water partition coefficient (Wildman–Crippen LogP) is 2.96. The Morgan fingerprint density at radius 3 is 2.39 bits per heavy atom. The number of ether oxygens (including phenoxy) is 3. The third-order valence-corrected chi connectivity index (χ3v) is 4.04. The van der Waals surface area contributed by atoms with Gasteiger partial charge in [0.2, 0.25) is 0 Å². The van der Waals surface area contributed by atoms with Gasteiger partial charge in [-0.25, -0.2) is 4.99 Å². The lowest BCUT2D eigenvalue weighted by atomic mass is 10.2. The van der Waals surface area contributed by atoms with Crippen molar-refractivity contribution in [3.8, 4) is 17.2 Å². The lowest BCUT2D eigenvalue weighted by Gasteiger charge is -2.12. The zero-order chi connectivity index (χ0) is 20.4. The summed E-state index contributed by atoms with van der Waals surface area (Å²) in [5.74, 6) is 2.53. The second kappa shape index (κ2) is 11.0. The summed E-state index contributed by atoms with van der Waals surface area (Å²) in [6.45, 7) is 2.18. The van der Waals surface area contributed by atoms with Crippen LogP contribution >= 0.6 is 0 Å². The van der Waals surface area contributed by atoms with Crippen LogP contribution in [0, 0.1) is 0 Å². The number of benzene rings is 2. The second-order valence-corrected chi connectivity index (χ2v) is 6.54. The first kappa shape index (κ1) is 21.4. The number of aliphatic imine (C=N–C) groups is 1. The van der Waals surface area contributed by atoms with Crippen LogP contribution in [0.3, 0.4) is 0 Å². The molecule has 0 aliphatic carbocycles. The van der Waals surface area contributed by atoms with Crippen LogP contribution in [0.1, 0.15) is 12.0 Å². The summed E-state index contributed by atoms with van der Waals surface area (Å²) in [6, 6.07) is 13.3. The molecule has 0 atom stereocenters. The lowest BCUT2D eigenvalue weighted by Crippen LogP contribution is -2.23. The Morgan fingerprint density at radius 1 is 1.04 bits per heavy atom. The van der Waals surface area contributed by atoms with Gasteiger partial charge in [0.05, 0.1) is 33.1 Å². The molecule has 0 aromatic heterocycles. The van der Waals surface area contributed by atoms with Gasteiger partial charge in [-0.2, -0.15) is 0 Å². The molecule has 0 bridgehead atoms. The number of rotatable bonds is 10. The Hall–Kier alpha value is -2.93. The van der Waals surface area contributed by atoms with Crippen molar-refractivity contribution in [3.05, 3.63) is 48.0 Å². The number of nitrogens with two attached hydrogens (primary N) is 1. The number of methoxy groups -OCH3 is 2. The number of hydrogen-bond donors (Lipinski definition) is 2. The van der Waals surface area contributed by atoms with Crippen molar-refractivity contribution in [2.75, 3.05) is 46.8 Å². The van der Waals surface area contributed by atoms with Crippen molar-refractivity contribution in [3.63, 3.8) is 0 Å². The first-order valence-electron chi connectivity index (χ1n) is 9.17. The predicted molar refractivity (Wildman–Crippen MR) is 114 cm³/mol. The van der Waals surface area contributed by atoms with Crippen LogP contribution in [0.25, 0.3) is 0 Å². The van der Waals surface area contributed by atoms with Crippen molar-refractivity contribution in [2.45, 2.75) is 13.0 Å². The number of anilines is 1. The third-order valence-electron chi connectivity index (χ3n) is 4.04. The Bertz CT molecular complexity index is 761. The van der Waals surface area contributed by atoms with E-state index in [0.717, 1.165) is 24.3 Å². The molecule has 0 saturated heterocycles. The molecule has 3 N–H and O–H groups in total. The van der Waals surface area contributed by atoms with Crippen molar-refractivity contribution in [1.29, 1.82) is 0 Å². The van der Waals surface area contributed by atoms with E-state index in [4.69, 9.17) is 19.9 Å². The fourth-order valence-corrected chi connectivity index (χ4v) is 2.53. The molecule has 152 valence electrons. The number of guanidine groups is 1. The molecular formula is C21H30N4O3. The molecule has 0 unspecified atom stereocenters. The Balaban J connectivity index is 1.89. The zero-order valence-corrected chi connectivity index (χ0v) is 17.1. The van der Waals surface area contributed by atoms with Gasteiger partial charge >= 0.3 is 0 Å². The quantitative estimate of drug-likeness (QED) is 0.371. The van der Waals surface area contributed by atoms with Crippen molar-refractivity contribution < 1.29 is 14.2 Å². The molecule has 2 aromatic carbocycles. The van der Waals surface area contributed by atoms with Crippen LogP contribution < -0.4 is 25.3 Å². The fraction of sp³-hybridized carbons (Fsp3) is 0.381. The zero-order valence-electron chi connectivity index (χ0n) is 17.1. The molecular weight excluding hydrogens is 356 g/mol. The van der Waals surface area contributed by atoms with Crippen molar-refractivity contribution >= 4 is 11.6 Å². The minimum atomic E-state index is 0.301. The summed E-state index contributed by atoms with van der Waals surface area (Å²) < 4.78 is 16.3. The van der Waals surface area contributed by atoms with E-state index < -0.39 is 0 Å². The first-order chi connectivity index (χ1) is 13.5. The van der Waals surface area contributed by atoms with Crippen LogP contribution in [-0.2, 0) is 6.54 Å². The van der Waals surface area contributed by atoms with Crippen LogP contribution in [0.5, 0.6) is 17.2 Å². The van der Waals surface area contributed by atoms with Gasteiger partial charge in [0, 0.05) is 12.6 Å². The maximum Gasteiger partial charge on any atom is 0.193 e. The monoisotopic (exact) mass is 386 g/mol. The first-order valence-corrected chi connectivity index (χ1v) is 9.17. The molecule has 0 spiro atoms. The summed E-state index contributed by atoms with van der Waals surface area (Å²) in [7, 11) is 7.32. The Labute approximate surface area is 167 Å². The summed E-state index contributed by atoms with van der Waals surface area (Å²) in [6.07, 6.45) is 0.995. The van der Waals surface area contributed by atoms with Gasteiger partial charge in [-0.15, -0.1) is 0 Å². The average Bonchev–Trinajstić information content (AvgIpc) is 2.70. The maximum absolute atomic E-state index is 6.02. The summed E-state index contributed by atoms with van der Waals surface area (Å²) in [4.78, 5) is 6.53. The van der Waals surface area contributed by atoms with Gasteiger partial charge in [0.1, 0.15) is 17.2 Å². The fourth-order valence-electron chi connectivity index (χ4n) is 2.53. The van der Waals surface area contributed by atoms with Crippen LogP contribution in [-0.4, -0.2) is 52.3 Å². The van der Waals surface area contributed by atoms with E-state index in [2.05, 4.69) is 29.3 Å². The van der Waals surface area contributed by atoms with Crippen molar-refractivity contribution in [1.82, 2.24) is 4.90 Å². The highest BCUT2D eigenvalue weighted by atomic mass is 16.5. The second-order valence-electron chi connectivity index (χ2n) is 6.54. The summed E-state index contributed by atoms with van der Waals surface area (Å²) in [5, 5.41) is 3.06. The van der Waals surface area contributed by atoms with Crippen LogP contribution in [0.15, 0.2) is 47.5 Å². The van der Waals surface area contributed by atoms with E-state index in [1.807, 2.05) is 42.5 Å². The minimum Gasteiger partial charge on any atom is -0.497 e. The topological polar surface area (TPSA) is 81.3 Å². The van der Waals surface area contributed by atoms with Gasteiger partial charge in [-0.1, -0.05) is 12.1 Å². The molecule has 0 amide bonds. The summed E-state index contributed by atoms with van der Waals surface area (Å²) >= 11 is 0. The molecule has 28 heavy (non-hydrogen) atoms. The molecule has 0 aliphatic rings. The molecule has 0 saturated carbocycles. The Kier molecular flexibility index (Phi) is 8.42. The molecule has 2 rings (SSSR count). The van der Waals surface area contributed by atoms with E-state index in [1.54, 1.807) is 14.2 Å².